The van der Waals surface area contributed by atoms with Gasteiger partial charge in [0, 0.05) is 18.3 Å². The number of carbonyl (C=O) groups is 1. The number of amides is 1. The van der Waals surface area contributed by atoms with E-state index in [0.29, 0.717) is 34.7 Å². The van der Waals surface area contributed by atoms with E-state index in [9.17, 15) is 4.79 Å². The number of hydrogen-bond acceptors (Lipinski definition) is 8. The fourth-order valence-electron chi connectivity index (χ4n) is 3.88. The lowest BCUT2D eigenvalue weighted by Gasteiger charge is -2.31. The van der Waals surface area contributed by atoms with E-state index < -0.39 is 5.60 Å². The molecule has 1 saturated heterocycles. The highest BCUT2D eigenvalue weighted by atomic mass is 16.5. The zero-order valence-corrected chi connectivity index (χ0v) is 17.6. The lowest BCUT2D eigenvalue weighted by Crippen LogP contribution is -2.45. The third-order valence-corrected chi connectivity index (χ3v) is 5.72. The van der Waals surface area contributed by atoms with Crippen LogP contribution in [0.4, 0.5) is 23.1 Å². The van der Waals surface area contributed by atoms with Gasteiger partial charge in [-0.25, -0.2) is 4.98 Å². The van der Waals surface area contributed by atoms with Gasteiger partial charge in [0.05, 0.1) is 12.0 Å². The van der Waals surface area contributed by atoms with Gasteiger partial charge in [-0.2, -0.15) is 4.98 Å². The molecule has 2 aliphatic heterocycles. The number of piperidine rings is 1. The van der Waals surface area contributed by atoms with Crippen molar-refractivity contribution in [2.24, 2.45) is 5.92 Å². The molecule has 162 valence electrons. The zero-order valence-electron chi connectivity index (χ0n) is 17.6. The van der Waals surface area contributed by atoms with Crippen molar-refractivity contribution in [3.8, 4) is 5.75 Å². The van der Waals surface area contributed by atoms with Gasteiger partial charge in [0.15, 0.2) is 17.0 Å². The molecule has 0 atom stereocenters. The average Bonchev–Trinajstić information content (AvgIpc) is 3.22. The summed E-state index contributed by atoms with van der Waals surface area (Å²) in [5, 5.41) is 13.0. The van der Waals surface area contributed by atoms with Crippen molar-refractivity contribution in [1.29, 1.82) is 0 Å². The first kappa shape index (κ1) is 19.6. The Morgan fingerprint density at radius 3 is 2.87 bits per heavy atom. The molecule has 2 aliphatic rings. The van der Waals surface area contributed by atoms with Crippen LogP contribution >= 0.6 is 0 Å². The first-order valence-corrected chi connectivity index (χ1v) is 10.6. The quantitative estimate of drug-likeness (QED) is 0.494. The number of ether oxygens (including phenoxy) is 1. The number of benzene rings is 1. The molecular formula is C22H26N6O3. The van der Waals surface area contributed by atoms with E-state index in [2.05, 4.69) is 31.2 Å². The van der Waals surface area contributed by atoms with Gasteiger partial charge in [-0.05, 0) is 63.9 Å². The van der Waals surface area contributed by atoms with Crippen LogP contribution < -0.4 is 26.0 Å². The minimum Gasteiger partial charge on any atom is -0.476 e. The normalized spacial score (nSPS) is 18.2. The Labute approximate surface area is 180 Å². The summed E-state index contributed by atoms with van der Waals surface area (Å²) in [6.07, 6.45) is 3.90. The van der Waals surface area contributed by atoms with E-state index in [4.69, 9.17) is 9.15 Å². The Kier molecular flexibility index (Phi) is 4.90. The highest BCUT2D eigenvalue weighted by Gasteiger charge is 2.35. The molecule has 1 fully saturated rings. The van der Waals surface area contributed by atoms with Crippen molar-refractivity contribution >= 4 is 40.1 Å². The zero-order chi connectivity index (χ0) is 21.4. The van der Waals surface area contributed by atoms with Gasteiger partial charge in [0.25, 0.3) is 5.91 Å². The summed E-state index contributed by atoms with van der Waals surface area (Å²) in [6.45, 7) is 6.42. The number of nitrogens with one attached hydrogen (secondary N) is 4. The minimum atomic E-state index is -0.896. The Bertz CT molecular complexity index is 1120. The van der Waals surface area contributed by atoms with Gasteiger partial charge in [-0.15, -0.1) is 0 Å². The van der Waals surface area contributed by atoms with E-state index in [1.165, 1.54) is 0 Å². The van der Waals surface area contributed by atoms with E-state index in [-0.39, 0.29) is 5.91 Å². The summed E-state index contributed by atoms with van der Waals surface area (Å²) in [5.74, 6) is 2.17. The van der Waals surface area contributed by atoms with E-state index in [1.54, 1.807) is 20.1 Å². The smallest absolute Gasteiger partial charge is 0.268 e. The summed E-state index contributed by atoms with van der Waals surface area (Å²) >= 11 is 0. The van der Waals surface area contributed by atoms with Gasteiger partial charge < -0.3 is 30.4 Å². The third kappa shape index (κ3) is 4.00. The fraction of sp³-hybridized carbons (Fsp3) is 0.409. The first-order valence-electron chi connectivity index (χ1n) is 10.6. The molecule has 0 spiro atoms. The van der Waals surface area contributed by atoms with Crippen molar-refractivity contribution in [2.75, 3.05) is 35.6 Å². The van der Waals surface area contributed by atoms with Crippen LogP contribution in [0.15, 0.2) is 34.9 Å². The van der Waals surface area contributed by atoms with Crippen LogP contribution in [0.25, 0.3) is 11.1 Å². The summed E-state index contributed by atoms with van der Waals surface area (Å²) in [4.78, 5) is 21.4. The summed E-state index contributed by atoms with van der Waals surface area (Å²) in [5.41, 5.74) is 1.83. The van der Waals surface area contributed by atoms with Crippen molar-refractivity contribution in [2.45, 2.75) is 32.3 Å². The Hall–Kier alpha value is -3.33. The van der Waals surface area contributed by atoms with Crippen LogP contribution in [0.2, 0.25) is 0 Å². The largest absolute Gasteiger partial charge is 0.476 e. The third-order valence-electron chi connectivity index (χ3n) is 5.72. The second kappa shape index (κ2) is 7.73. The number of aromatic nitrogens is 2. The second-order valence-corrected chi connectivity index (χ2v) is 8.51. The molecule has 9 nitrogen and oxygen atoms in total. The molecule has 9 heteroatoms. The summed E-state index contributed by atoms with van der Waals surface area (Å²) in [6, 6.07) is 7.33. The number of hydrogen-bond donors (Lipinski definition) is 4. The SMILES string of the molecule is CC1(C)Oc2ccc(Nc3nc(NCC4CCNCC4)c4occc4n3)cc2NC1=O. The van der Waals surface area contributed by atoms with Crippen LogP contribution in [0.1, 0.15) is 26.7 Å². The van der Waals surface area contributed by atoms with Gasteiger partial charge in [-0.3, -0.25) is 4.79 Å². The number of carbonyl (C=O) groups excluding carboxylic acids is 1. The molecule has 0 bridgehead atoms. The molecule has 5 rings (SSSR count). The van der Waals surface area contributed by atoms with Crippen LogP contribution in [-0.4, -0.2) is 41.1 Å². The highest BCUT2D eigenvalue weighted by molar-refractivity contribution is 6.00. The molecule has 0 radical (unpaired) electrons. The monoisotopic (exact) mass is 422 g/mol. The van der Waals surface area contributed by atoms with Crippen LogP contribution in [-0.2, 0) is 4.79 Å². The number of rotatable bonds is 5. The molecule has 0 unspecified atom stereocenters. The van der Waals surface area contributed by atoms with Gasteiger partial charge >= 0.3 is 0 Å². The van der Waals surface area contributed by atoms with E-state index in [0.717, 1.165) is 43.7 Å². The molecule has 0 aliphatic carbocycles. The van der Waals surface area contributed by atoms with Crippen molar-refractivity contribution in [1.82, 2.24) is 15.3 Å². The van der Waals surface area contributed by atoms with Crippen LogP contribution in [0.5, 0.6) is 5.75 Å². The molecule has 31 heavy (non-hydrogen) atoms. The van der Waals surface area contributed by atoms with Gasteiger partial charge in [-0.1, -0.05) is 0 Å². The summed E-state index contributed by atoms with van der Waals surface area (Å²) in [7, 11) is 0. The second-order valence-electron chi connectivity index (χ2n) is 8.51. The molecule has 1 amide bonds. The molecule has 3 aromatic rings. The average molecular weight is 422 g/mol. The minimum absolute atomic E-state index is 0.183. The predicted molar refractivity (Wildman–Crippen MR) is 119 cm³/mol. The Morgan fingerprint density at radius 1 is 1.19 bits per heavy atom. The maximum atomic E-state index is 12.2. The van der Waals surface area contributed by atoms with Crippen molar-refractivity contribution < 1.29 is 13.9 Å². The lowest BCUT2D eigenvalue weighted by atomic mass is 9.98. The first-order chi connectivity index (χ1) is 15.0. The lowest BCUT2D eigenvalue weighted by molar-refractivity contribution is -0.129. The molecular weight excluding hydrogens is 396 g/mol. The molecule has 0 saturated carbocycles. The van der Waals surface area contributed by atoms with Gasteiger partial charge in [0.1, 0.15) is 11.3 Å². The summed E-state index contributed by atoms with van der Waals surface area (Å²) < 4.78 is 11.4. The van der Waals surface area contributed by atoms with Crippen LogP contribution in [0.3, 0.4) is 0 Å². The molecule has 2 aromatic heterocycles. The molecule has 1 aromatic carbocycles. The van der Waals surface area contributed by atoms with E-state index >= 15 is 0 Å². The number of fused-ring (bicyclic) bond motifs is 2. The molecule has 4 heterocycles. The topological polar surface area (TPSA) is 113 Å². The Morgan fingerprint density at radius 2 is 2.03 bits per heavy atom. The molecule has 4 N–H and O–H groups in total. The Balaban J connectivity index is 1.37. The van der Waals surface area contributed by atoms with Crippen molar-refractivity contribution in [3.63, 3.8) is 0 Å². The van der Waals surface area contributed by atoms with Crippen molar-refractivity contribution in [3.05, 3.63) is 30.5 Å². The maximum absolute atomic E-state index is 12.2. The van der Waals surface area contributed by atoms with E-state index in [1.807, 2.05) is 24.3 Å². The standard InChI is InChI=1S/C22H26N6O3/c1-22(2)20(29)26-16-11-14(3-4-17(16)31-22)25-21-27-15-7-10-30-18(15)19(28-21)24-12-13-5-8-23-9-6-13/h3-4,7,10-11,13,23H,5-6,8-9,12H2,1-2H3,(H,26,29)(H2,24,25,27,28). The number of nitrogens with zero attached hydrogens (tertiary/aromatic N) is 2. The predicted octanol–water partition coefficient (Wildman–Crippen LogP) is 3.49. The number of anilines is 4. The fourth-order valence-corrected chi connectivity index (χ4v) is 3.88. The highest BCUT2D eigenvalue weighted by Crippen LogP contribution is 2.36. The van der Waals surface area contributed by atoms with Gasteiger partial charge in [0.2, 0.25) is 5.95 Å². The maximum Gasteiger partial charge on any atom is 0.268 e. The van der Waals surface area contributed by atoms with Crippen LogP contribution in [0, 0.1) is 5.92 Å². The number of furan rings is 1.